The number of anilines is 2. The van der Waals surface area contributed by atoms with Crippen LogP contribution in [0.2, 0.25) is 0 Å². The summed E-state index contributed by atoms with van der Waals surface area (Å²) in [5, 5.41) is 3.52. The van der Waals surface area contributed by atoms with Crippen molar-refractivity contribution < 1.29 is 26.7 Å². The largest absolute Gasteiger partial charge is 0.481 e. The van der Waals surface area contributed by atoms with Gasteiger partial charge in [0.1, 0.15) is 17.3 Å². The number of amides is 1. The highest BCUT2D eigenvalue weighted by atomic mass is 32.2. The molecule has 0 saturated carbocycles. The van der Waals surface area contributed by atoms with E-state index in [0.29, 0.717) is 44.8 Å². The number of sulfonamides is 1. The summed E-state index contributed by atoms with van der Waals surface area (Å²) in [6.45, 7) is 0. The van der Waals surface area contributed by atoms with E-state index in [1.54, 1.807) is 60.8 Å². The third kappa shape index (κ3) is 5.88. The average Bonchev–Trinajstić information content (AvgIpc) is 3.31. The van der Waals surface area contributed by atoms with Crippen LogP contribution in [0.5, 0.6) is 5.88 Å². The molecule has 5 rings (SSSR count). The Morgan fingerprint density at radius 3 is 2.38 bits per heavy atom. The predicted octanol–water partition coefficient (Wildman–Crippen LogP) is 5.81. The number of benzene rings is 3. The van der Waals surface area contributed by atoms with Crippen LogP contribution < -0.4 is 14.8 Å². The molecule has 0 aliphatic heterocycles. The second-order valence-electron chi connectivity index (χ2n) is 8.83. The Bertz CT molecular complexity index is 1820. The molecular formula is C28H22F2N4O4S. The van der Waals surface area contributed by atoms with Crippen LogP contribution in [-0.2, 0) is 10.0 Å². The summed E-state index contributed by atoms with van der Waals surface area (Å²) in [6, 6.07) is 18.3. The van der Waals surface area contributed by atoms with Crippen LogP contribution in [0.25, 0.3) is 33.2 Å². The summed E-state index contributed by atoms with van der Waals surface area (Å²) in [5.74, 6) is -1.50. The topological polar surface area (TPSA) is 113 Å². The van der Waals surface area contributed by atoms with Crippen molar-refractivity contribution in [3.8, 4) is 28.1 Å². The molecule has 8 nitrogen and oxygen atoms in total. The molecule has 3 N–H and O–H groups in total. The molecule has 0 aliphatic rings. The number of methoxy groups -OCH3 is 1. The quantitative estimate of drug-likeness (QED) is 0.238. The third-order valence-corrected chi connectivity index (χ3v) is 6.49. The van der Waals surface area contributed by atoms with Crippen LogP contribution in [0, 0.1) is 11.6 Å². The van der Waals surface area contributed by atoms with Crippen molar-refractivity contribution in [2.24, 2.45) is 0 Å². The zero-order chi connectivity index (χ0) is 27.7. The first-order valence-corrected chi connectivity index (χ1v) is 13.5. The lowest BCUT2D eigenvalue weighted by Crippen LogP contribution is -2.12. The first-order valence-electron chi connectivity index (χ1n) is 11.6. The molecule has 0 radical (unpaired) electrons. The Labute approximate surface area is 222 Å². The number of nitrogens with one attached hydrogen (secondary N) is 3. The van der Waals surface area contributed by atoms with Crippen molar-refractivity contribution in [1.82, 2.24) is 9.97 Å². The minimum Gasteiger partial charge on any atom is -0.481 e. The van der Waals surface area contributed by atoms with Crippen molar-refractivity contribution in [3.63, 3.8) is 0 Å². The van der Waals surface area contributed by atoms with Crippen LogP contribution in [0.15, 0.2) is 79.0 Å². The Kier molecular flexibility index (Phi) is 6.75. The number of halogens is 2. The van der Waals surface area contributed by atoms with Gasteiger partial charge in [-0.25, -0.2) is 22.2 Å². The van der Waals surface area contributed by atoms with Gasteiger partial charge in [0, 0.05) is 46.0 Å². The standard InChI is InChI=1S/C28H22F2N4O4S/c1-38-27-8-4-17(15-31-27)18-9-19(23-7-5-20(29)13-24(23)30)11-22(10-18)32-28(35)26-12-16-3-6-21(14-25(16)33-26)34-39(2,36)37/h3-15,33-34H,1-2H3,(H,32,35). The van der Waals surface area contributed by atoms with Gasteiger partial charge in [-0.15, -0.1) is 0 Å². The summed E-state index contributed by atoms with van der Waals surface area (Å²) in [5.41, 5.74) is 3.40. The molecule has 0 spiro atoms. The van der Waals surface area contributed by atoms with E-state index < -0.39 is 27.6 Å². The normalized spacial score (nSPS) is 11.4. The first-order chi connectivity index (χ1) is 18.6. The van der Waals surface area contributed by atoms with E-state index in [1.165, 1.54) is 13.2 Å². The van der Waals surface area contributed by atoms with Gasteiger partial charge >= 0.3 is 0 Å². The van der Waals surface area contributed by atoms with E-state index in [1.807, 2.05) is 0 Å². The highest BCUT2D eigenvalue weighted by molar-refractivity contribution is 7.92. The van der Waals surface area contributed by atoms with Crippen molar-refractivity contribution in [2.45, 2.75) is 0 Å². The maximum atomic E-state index is 14.7. The Morgan fingerprint density at radius 2 is 1.69 bits per heavy atom. The van der Waals surface area contributed by atoms with Crippen LogP contribution in [0.3, 0.4) is 0 Å². The molecule has 39 heavy (non-hydrogen) atoms. The molecule has 5 aromatic rings. The summed E-state index contributed by atoms with van der Waals surface area (Å²) in [7, 11) is -1.96. The summed E-state index contributed by atoms with van der Waals surface area (Å²) in [4.78, 5) is 20.4. The van der Waals surface area contributed by atoms with Crippen LogP contribution in [-0.4, -0.2) is 37.7 Å². The van der Waals surface area contributed by atoms with Crippen molar-refractivity contribution in [1.29, 1.82) is 0 Å². The van der Waals surface area contributed by atoms with Crippen LogP contribution in [0.4, 0.5) is 20.2 Å². The molecular weight excluding hydrogens is 526 g/mol. The van der Waals surface area contributed by atoms with E-state index in [4.69, 9.17) is 4.74 Å². The smallest absolute Gasteiger partial charge is 0.272 e. The van der Waals surface area contributed by atoms with Gasteiger partial charge in [-0.2, -0.15) is 0 Å². The lowest BCUT2D eigenvalue weighted by Gasteiger charge is -2.12. The molecule has 0 atom stereocenters. The molecule has 1 amide bonds. The molecule has 0 saturated heterocycles. The third-order valence-electron chi connectivity index (χ3n) is 5.88. The van der Waals surface area contributed by atoms with Gasteiger partial charge in [0.2, 0.25) is 15.9 Å². The number of aromatic amines is 1. The SMILES string of the molecule is COc1ccc(-c2cc(NC(=O)c3cc4ccc(NS(C)(=O)=O)cc4[nH]3)cc(-c3ccc(F)cc3F)c2)cn1. The van der Waals surface area contributed by atoms with Crippen molar-refractivity contribution >= 4 is 38.2 Å². The second kappa shape index (κ2) is 10.2. The molecule has 198 valence electrons. The van der Waals surface area contributed by atoms with Crippen molar-refractivity contribution in [3.05, 3.63) is 96.3 Å². The Balaban J connectivity index is 1.51. The summed E-state index contributed by atoms with van der Waals surface area (Å²) in [6.07, 6.45) is 2.64. The molecule has 0 bridgehead atoms. The molecule has 11 heteroatoms. The van der Waals surface area contributed by atoms with E-state index in [0.717, 1.165) is 18.4 Å². The Morgan fingerprint density at radius 1 is 0.897 bits per heavy atom. The van der Waals surface area contributed by atoms with Gasteiger partial charge in [0.15, 0.2) is 0 Å². The monoisotopic (exact) mass is 548 g/mol. The molecule has 0 unspecified atom stereocenters. The number of rotatable bonds is 7. The minimum atomic E-state index is -3.46. The highest BCUT2D eigenvalue weighted by Crippen LogP contribution is 2.33. The molecule has 2 heterocycles. The molecule has 2 aromatic heterocycles. The van der Waals surface area contributed by atoms with Gasteiger partial charge in [-0.05, 0) is 65.7 Å². The van der Waals surface area contributed by atoms with Crippen LogP contribution >= 0.6 is 0 Å². The first kappa shape index (κ1) is 25.9. The fourth-order valence-electron chi connectivity index (χ4n) is 4.14. The van der Waals surface area contributed by atoms with E-state index in [-0.39, 0.29) is 11.3 Å². The summed E-state index contributed by atoms with van der Waals surface area (Å²) >= 11 is 0. The van der Waals surface area contributed by atoms with Gasteiger partial charge in [-0.3, -0.25) is 9.52 Å². The Hall–Kier alpha value is -4.77. The molecule has 0 fully saturated rings. The second-order valence-corrected chi connectivity index (χ2v) is 10.6. The summed E-state index contributed by atoms with van der Waals surface area (Å²) < 4.78 is 58.8. The van der Waals surface area contributed by atoms with Gasteiger partial charge in [0.25, 0.3) is 5.91 Å². The number of ether oxygens (including phenoxy) is 1. The number of carbonyl (C=O) groups is 1. The number of nitrogens with zero attached hydrogens (tertiary/aromatic N) is 1. The number of fused-ring (bicyclic) bond motifs is 1. The van der Waals surface area contributed by atoms with E-state index in [9.17, 15) is 22.0 Å². The van der Waals surface area contributed by atoms with Crippen molar-refractivity contribution in [2.75, 3.05) is 23.4 Å². The van der Waals surface area contributed by atoms with Gasteiger partial charge in [-0.1, -0.05) is 6.07 Å². The lowest BCUT2D eigenvalue weighted by molar-refractivity contribution is 0.102. The van der Waals surface area contributed by atoms with Crippen LogP contribution in [0.1, 0.15) is 10.5 Å². The number of hydrogen-bond acceptors (Lipinski definition) is 5. The number of pyridine rings is 1. The van der Waals surface area contributed by atoms with E-state index >= 15 is 0 Å². The number of carbonyl (C=O) groups excluding carboxylic acids is 1. The fourth-order valence-corrected chi connectivity index (χ4v) is 4.70. The van der Waals surface area contributed by atoms with E-state index in [2.05, 4.69) is 20.0 Å². The minimum absolute atomic E-state index is 0.159. The number of H-pyrrole nitrogens is 1. The average molecular weight is 549 g/mol. The zero-order valence-electron chi connectivity index (χ0n) is 20.7. The number of hydrogen-bond donors (Lipinski definition) is 3. The fraction of sp³-hybridized carbons (Fsp3) is 0.0714. The van der Waals surface area contributed by atoms with Gasteiger partial charge in [0.05, 0.1) is 19.1 Å². The highest BCUT2D eigenvalue weighted by Gasteiger charge is 2.15. The lowest BCUT2D eigenvalue weighted by atomic mass is 9.98. The number of aromatic nitrogens is 2. The maximum absolute atomic E-state index is 14.7. The zero-order valence-corrected chi connectivity index (χ0v) is 21.6. The predicted molar refractivity (Wildman–Crippen MR) is 146 cm³/mol. The molecule has 0 aliphatic carbocycles. The molecule has 3 aromatic carbocycles. The maximum Gasteiger partial charge on any atom is 0.272 e. The van der Waals surface area contributed by atoms with Gasteiger partial charge < -0.3 is 15.0 Å².